The standard InChI is InChI=1S/C17H21N3O/c1-12-6-2-3-7-13(12)16(10-11-16)15-19-14(20-21-15)17(18)8-4-5-9-17/h2-3,6-7H,4-5,8-11,18H2,1H3. The summed E-state index contributed by atoms with van der Waals surface area (Å²) in [7, 11) is 0. The summed E-state index contributed by atoms with van der Waals surface area (Å²) in [6.07, 6.45) is 6.40. The molecule has 4 rings (SSSR count). The van der Waals surface area contributed by atoms with E-state index in [1.54, 1.807) is 0 Å². The van der Waals surface area contributed by atoms with Gasteiger partial charge in [0.15, 0.2) is 5.82 Å². The van der Waals surface area contributed by atoms with Crippen LogP contribution in [0.3, 0.4) is 0 Å². The third-order valence-corrected chi connectivity index (χ3v) is 5.19. The van der Waals surface area contributed by atoms with Gasteiger partial charge in [0, 0.05) is 0 Å². The zero-order valence-electron chi connectivity index (χ0n) is 12.4. The second-order valence-corrected chi connectivity index (χ2v) is 6.68. The maximum Gasteiger partial charge on any atom is 0.237 e. The molecule has 2 fully saturated rings. The minimum atomic E-state index is -0.371. The molecule has 21 heavy (non-hydrogen) atoms. The Morgan fingerprint density at radius 2 is 1.81 bits per heavy atom. The molecule has 0 saturated heterocycles. The molecule has 2 aliphatic rings. The molecule has 2 saturated carbocycles. The van der Waals surface area contributed by atoms with Crippen molar-refractivity contribution in [3.63, 3.8) is 0 Å². The highest BCUT2D eigenvalue weighted by Crippen LogP contribution is 2.54. The SMILES string of the molecule is Cc1ccccc1C1(c2nc(C3(N)CCCC3)no2)CC1. The van der Waals surface area contributed by atoms with Gasteiger partial charge in [-0.1, -0.05) is 42.3 Å². The second-order valence-electron chi connectivity index (χ2n) is 6.68. The van der Waals surface area contributed by atoms with Gasteiger partial charge >= 0.3 is 0 Å². The van der Waals surface area contributed by atoms with Crippen LogP contribution in [-0.4, -0.2) is 10.1 Å². The Balaban J connectivity index is 1.71. The lowest BCUT2D eigenvalue weighted by Crippen LogP contribution is -2.34. The van der Waals surface area contributed by atoms with Crippen LogP contribution >= 0.6 is 0 Å². The molecule has 0 atom stereocenters. The van der Waals surface area contributed by atoms with Crippen LogP contribution in [0.5, 0.6) is 0 Å². The Labute approximate surface area is 124 Å². The van der Waals surface area contributed by atoms with Gasteiger partial charge in [-0.2, -0.15) is 4.98 Å². The van der Waals surface area contributed by atoms with Gasteiger partial charge in [-0.25, -0.2) is 0 Å². The van der Waals surface area contributed by atoms with Gasteiger partial charge in [0.2, 0.25) is 5.89 Å². The smallest absolute Gasteiger partial charge is 0.237 e. The number of benzene rings is 1. The summed E-state index contributed by atoms with van der Waals surface area (Å²) in [6, 6.07) is 8.48. The topological polar surface area (TPSA) is 64.9 Å². The van der Waals surface area contributed by atoms with E-state index in [0.29, 0.717) is 5.82 Å². The first-order chi connectivity index (χ1) is 10.1. The van der Waals surface area contributed by atoms with E-state index in [2.05, 4.69) is 36.3 Å². The average molecular weight is 283 g/mol. The van der Waals surface area contributed by atoms with Crippen molar-refractivity contribution in [2.24, 2.45) is 5.73 Å². The third-order valence-electron chi connectivity index (χ3n) is 5.19. The molecule has 1 heterocycles. The van der Waals surface area contributed by atoms with Gasteiger partial charge in [0.05, 0.1) is 11.0 Å². The summed E-state index contributed by atoms with van der Waals surface area (Å²) >= 11 is 0. The number of hydrogen-bond donors (Lipinski definition) is 1. The van der Waals surface area contributed by atoms with Crippen molar-refractivity contribution < 1.29 is 4.52 Å². The summed E-state index contributed by atoms with van der Waals surface area (Å²) in [5.41, 5.74) is 8.61. The molecule has 2 aromatic rings. The van der Waals surface area contributed by atoms with Crippen LogP contribution in [0.2, 0.25) is 0 Å². The van der Waals surface area contributed by atoms with Crippen LogP contribution in [0.4, 0.5) is 0 Å². The first kappa shape index (κ1) is 13.0. The summed E-state index contributed by atoms with van der Waals surface area (Å²) in [5.74, 6) is 1.46. The van der Waals surface area contributed by atoms with Crippen molar-refractivity contribution in [2.45, 2.75) is 56.4 Å². The highest BCUT2D eigenvalue weighted by atomic mass is 16.5. The number of hydrogen-bond acceptors (Lipinski definition) is 4. The van der Waals surface area contributed by atoms with E-state index >= 15 is 0 Å². The molecule has 2 N–H and O–H groups in total. The average Bonchev–Trinajstić information content (AvgIpc) is 2.93. The van der Waals surface area contributed by atoms with Gasteiger partial charge in [0.25, 0.3) is 0 Å². The number of nitrogens with zero attached hydrogens (tertiary/aromatic N) is 2. The fourth-order valence-electron chi connectivity index (χ4n) is 3.68. The van der Waals surface area contributed by atoms with Crippen molar-refractivity contribution in [1.82, 2.24) is 10.1 Å². The largest absolute Gasteiger partial charge is 0.338 e. The fourth-order valence-corrected chi connectivity index (χ4v) is 3.68. The van der Waals surface area contributed by atoms with Crippen LogP contribution < -0.4 is 5.73 Å². The Hall–Kier alpha value is -1.68. The lowest BCUT2D eigenvalue weighted by atomic mass is 9.91. The van der Waals surface area contributed by atoms with E-state index in [-0.39, 0.29) is 11.0 Å². The Morgan fingerprint density at radius 1 is 1.10 bits per heavy atom. The highest BCUT2D eigenvalue weighted by Gasteiger charge is 2.52. The van der Waals surface area contributed by atoms with E-state index in [1.165, 1.54) is 11.1 Å². The first-order valence-electron chi connectivity index (χ1n) is 7.84. The maximum absolute atomic E-state index is 6.44. The first-order valence-corrected chi connectivity index (χ1v) is 7.84. The van der Waals surface area contributed by atoms with E-state index in [1.807, 2.05) is 0 Å². The predicted octanol–water partition coefficient (Wildman–Crippen LogP) is 3.19. The Morgan fingerprint density at radius 3 is 2.48 bits per heavy atom. The zero-order chi connectivity index (χ0) is 14.5. The molecule has 0 spiro atoms. The van der Waals surface area contributed by atoms with Gasteiger partial charge in [-0.15, -0.1) is 0 Å². The van der Waals surface area contributed by atoms with Crippen LogP contribution in [0.25, 0.3) is 0 Å². The summed E-state index contributed by atoms with van der Waals surface area (Å²) in [5, 5.41) is 4.22. The number of rotatable bonds is 3. The van der Waals surface area contributed by atoms with Crippen molar-refractivity contribution in [3.05, 3.63) is 47.1 Å². The van der Waals surface area contributed by atoms with Gasteiger partial charge in [-0.05, 0) is 43.7 Å². The van der Waals surface area contributed by atoms with E-state index in [0.717, 1.165) is 44.4 Å². The molecule has 1 aromatic heterocycles. The molecule has 1 aromatic carbocycles. The lowest BCUT2D eigenvalue weighted by Gasteiger charge is -2.18. The molecule has 0 bridgehead atoms. The van der Waals surface area contributed by atoms with Crippen LogP contribution in [-0.2, 0) is 11.0 Å². The molecule has 4 nitrogen and oxygen atoms in total. The molecular weight excluding hydrogens is 262 g/mol. The minimum Gasteiger partial charge on any atom is -0.338 e. The summed E-state index contributed by atoms with van der Waals surface area (Å²) in [6.45, 7) is 2.15. The molecular formula is C17H21N3O. The monoisotopic (exact) mass is 283 g/mol. The fraction of sp³-hybridized carbons (Fsp3) is 0.529. The molecule has 0 amide bonds. The third kappa shape index (κ3) is 1.93. The van der Waals surface area contributed by atoms with E-state index in [4.69, 9.17) is 15.2 Å². The predicted molar refractivity (Wildman–Crippen MR) is 79.8 cm³/mol. The zero-order valence-corrected chi connectivity index (χ0v) is 12.4. The van der Waals surface area contributed by atoms with Crippen molar-refractivity contribution in [2.75, 3.05) is 0 Å². The summed E-state index contributed by atoms with van der Waals surface area (Å²) < 4.78 is 5.64. The van der Waals surface area contributed by atoms with Crippen LogP contribution in [0.15, 0.2) is 28.8 Å². The van der Waals surface area contributed by atoms with Crippen LogP contribution in [0.1, 0.15) is 61.4 Å². The molecule has 110 valence electrons. The van der Waals surface area contributed by atoms with Gasteiger partial charge in [-0.3, -0.25) is 0 Å². The van der Waals surface area contributed by atoms with Crippen molar-refractivity contribution in [3.8, 4) is 0 Å². The number of aromatic nitrogens is 2. The Bertz CT molecular complexity index is 666. The summed E-state index contributed by atoms with van der Waals surface area (Å²) in [4.78, 5) is 4.71. The number of nitrogens with two attached hydrogens (primary N) is 1. The Kier molecular flexibility index (Phi) is 2.73. The quantitative estimate of drug-likeness (QED) is 0.939. The van der Waals surface area contributed by atoms with Crippen molar-refractivity contribution in [1.29, 1.82) is 0 Å². The molecule has 0 aliphatic heterocycles. The van der Waals surface area contributed by atoms with Gasteiger partial charge < -0.3 is 10.3 Å². The minimum absolute atomic E-state index is 0.0639. The van der Waals surface area contributed by atoms with Crippen molar-refractivity contribution >= 4 is 0 Å². The molecule has 2 aliphatic carbocycles. The molecule has 0 radical (unpaired) electrons. The van der Waals surface area contributed by atoms with E-state index in [9.17, 15) is 0 Å². The maximum atomic E-state index is 6.44. The highest BCUT2D eigenvalue weighted by molar-refractivity contribution is 5.43. The van der Waals surface area contributed by atoms with E-state index < -0.39 is 0 Å². The normalized spacial score (nSPS) is 22.4. The number of aryl methyl sites for hydroxylation is 1. The second kappa shape index (κ2) is 4.41. The molecule has 4 heteroatoms. The van der Waals surface area contributed by atoms with Crippen LogP contribution in [0, 0.1) is 6.92 Å². The lowest BCUT2D eigenvalue weighted by molar-refractivity contribution is 0.337. The molecule has 0 unspecified atom stereocenters. The van der Waals surface area contributed by atoms with Gasteiger partial charge in [0.1, 0.15) is 0 Å².